The van der Waals surface area contributed by atoms with Crippen LogP contribution in [0.2, 0.25) is 0 Å². The summed E-state index contributed by atoms with van der Waals surface area (Å²) in [5.74, 6) is 3.33. The van der Waals surface area contributed by atoms with Gasteiger partial charge in [0, 0.05) is 26.0 Å². The number of hydrogen-bond acceptors (Lipinski definition) is 4. The molecule has 2 amide bonds. The molecule has 6 heteroatoms. The Kier molecular flexibility index (Phi) is 3.75. The number of nitrogens with two attached hydrogens (primary N) is 1. The highest BCUT2D eigenvalue weighted by molar-refractivity contribution is 6.34. The van der Waals surface area contributed by atoms with Crippen molar-refractivity contribution in [3.8, 4) is 0 Å². The number of pyridine rings is 1. The first-order valence-corrected chi connectivity index (χ1v) is 4.30. The Morgan fingerprint density at radius 1 is 1.60 bits per heavy atom. The van der Waals surface area contributed by atoms with Gasteiger partial charge in [0.1, 0.15) is 0 Å². The maximum Gasteiger partial charge on any atom is 0.323 e. The average molecular weight is 208 g/mol. The summed E-state index contributed by atoms with van der Waals surface area (Å²) in [5, 5.41) is 0. The number of carbonyl (C=O) groups excluding carboxylic acids is 2. The summed E-state index contributed by atoms with van der Waals surface area (Å²) in [6.45, 7) is 0.320. The molecule has 0 aliphatic heterocycles. The van der Waals surface area contributed by atoms with Crippen LogP contribution in [0.1, 0.15) is 5.56 Å². The molecule has 0 saturated carbocycles. The quantitative estimate of drug-likeness (QED) is 0.283. The van der Waals surface area contributed by atoms with Crippen LogP contribution in [0.5, 0.6) is 0 Å². The minimum atomic E-state index is -0.832. The van der Waals surface area contributed by atoms with Crippen LogP contribution in [-0.4, -0.2) is 28.7 Å². The normalized spacial score (nSPS) is 9.47. The van der Waals surface area contributed by atoms with Gasteiger partial charge in [0.15, 0.2) is 0 Å². The highest BCUT2D eigenvalue weighted by Crippen LogP contribution is 2.00. The Hall–Kier alpha value is -1.95. The molecule has 0 aliphatic rings. The van der Waals surface area contributed by atoms with Crippen LogP contribution in [-0.2, 0) is 16.1 Å². The van der Waals surface area contributed by atoms with E-state index in [9.17, 15) is 9.59 Å². The van der Waals surface area contributed by atoms with Crippen molar-refractivity contribution in [2.75, 3.05) is 7.05 Å². The zero-order valence-electron chi connectivity index (χ0n) is 8.30. The molecule has 80 valence electrons. The summed E-state index contributed by atoms with van der Waals surface area (Å²) in [6.07, 6.45) is 3.27. The number of hydrogen-bond donors (Lipinski definition) is 2. The Labute approximate surface area is 87.1 Å². The molecule has 0 atom stereocenters. The maximum absolute atomic E-state index is 11.3. The molecular formula is C9H12N4O2. The number of nitrogens with one attached hydrogen (secondary N) is 1. The van der Waals surface area contributed by atoms with E-state index in [-0.39, 0.29) is 0 Å². The molecule has 0 unspecified atom stereocenters. The van der Waals surface area contributed by atoms with Gasteiger partial charge >= 0.3 is 11.8 Å². The molecule has 0 fully saturated rings. The first kappa shape index (κ1) is 11.1. The number of nitrogens with zero attached hydrogens (tertiary/aromatic N) is 2. The van der Waals surface area contributed by atoms with E-state index < -0.39 is 11.8 Å². The lowest BCUT2D eigenvalue weighted by molar-refractivity contribution is -0.145. The first-order valence-electron chi connectivity index (χ1n) is 4.30. The zero-order chi connectivity index (χ0) is 11.3. The number of rotatable bonds is 2. The minimum Gasteiger partial charge on any atom is -0.333 e. The molecule has 0 spiro atoms. The fourth-order valence-electron chi connectivity index (χ4n) is 1.07. The topological polar surface area (TPSA) is 88.3 Å². The smallest absolute Gasteiger partial charge is 0.323 e. The van der Waals surface area contributed by atoms with Crippen molar-refractivity contribution in [3.63, 3.8) is 0 Å². The fourth-order valence-corrected chi connectivity index (χ4v) is 1.07. The molecule has 1 heterocycles. The SMILES string of the molecule is CN(Cc1cccnc1)C(=O)C(=O)NN. The number of aromatic nitrogens is 1. The van der Waals surface area contributed by atoms with Gasteiger partial charge in [-0.3, -0.25) is 20.0 Å². The summed E-state index contributed by atoms with van der Waals surface area (Å²) in [7, 11) is 1.52. The molecular weight excluding hydrogens is 196 g/mol. The predicted molar refractivity (Wildman–Crippen MR) is 53.0 cm³/mol. The van der Waals surface area contributed by atoms with Gasteiger partial charge in [-0.2, -0.15) is 0 Å². The van der Waals surface area contributed by atoms with Crippen molar-refractivity contribution in [3.05, 3.63) is 30.1 Å². The van der Waals surface area contributed by atoms with Crippen molar-refractivity contribution >= 4 is 11.8 Å². The second kappa shape index (κ2) is 5.06. The number of amides is 2. The third kappa shape index (κ3) is 3.03. The Morgan fingerprint density at radius 2 is 2.33 bits per heavy atom. The minimum absolute atomic E-state index is 0.320. The number of hydrazine groups is 1. The van der Waals surface area contributed by atoms with E-state index in [1.165, 1.54) is 11.9 Å². The molecule has 0 aliphatic carbocycles. The molecule has 0 radical (unpaired) electrons. The Balaban J connectivity index is 2.60. The van der Waals surface area contributed by atoms with Crippen LogP contribution in [0, 0.1) is 0 Å². The Bertz CT molecular complexity index is 352. The van der Waals surface area contributed by atoms with Crippen molar-refractivity contribution in [2.24, 2.45) is 5.84 Å². The summed E-state index contributed by atoms with van der Waals surface area (Å²) >= 11 is 0. The lowest BCUT2D eigenvalue weighted by Gasteiger charge is -2.15. The standard InChI is InChI=1S/C9H12N4O2/c1-13(9(15)8(14)12-10)6-7-3-2-4-11-5-7/h2-5H,6,10H2,1H3,(H,12,14). The van der Waals surface area contributed by atoms with Gasteiger partial charge in [0.2, 0.25) is 0 Å². The van der Waals surface area contributed by atoms with Crippen LogP contribution < -0.4 is 11.3 Å². The fraction of sp³-hybridized carbons (Fsp3) is 0.222. The van der Waals surface area contributed by atoms with Crippen LogP contribution in [0.25, 0.3) is 0 Å². The summed E-state index contributed by atoms with van der Waals surface area (Å²) in [6, 6.07) is 3.58. The third-order valence-electron chi connectivity index (χ3n) is 1.81. The molecule has 1 rings (SSSR count). The van der Waals surface area contributed by atoms with E-state index in [1.54, 1.807) is 23.9 Å². The predicted octanol–water partition coefficient (Wildman–Crippen LogP) is -0.970. The van der Waals surface area contributed by atoms with Crippen molar-refractivity contribution in [1.29, 1.82) is 0 Å². The molecule has 0 bridgehead atoms. The molecule has 3 N–H and O–H groups in total. The van der Waals surface area contributed by atoms with Gasteiger partial charge in [0.25, 0.3) is 0 Å². The van der Waals surface area contributed by atoms with E-state index in [1.807, 2.05) is 6.07 Å². The van der Waals surface area contributed by atoms with Crippen LogP contribution in [0.4, 0.5) is 0 Å². The molecule has 1 aromatic heterocycles. The number of carbonyl (C=O) groups is 2. The highest BCUT2D eigenvalue weighted by Gasteiger charge is 2.17. The molecule has 0 saturated heterocycles. The van der Waals surface area contributed by atoms with Crippen molar-refractivity contribution in [2.45, 2.75) is 6.54 Å². The number of likely N-dealkylation sites (N-methyl/N-ethyl adjacent to an activating group) is 1. The summed E-state index contributed by atoms with van der Waals surface area (Å²) in [4.78, 5) is 27.4. The molecule has 1 aromatic rings. The monoisotopic (exact) mass is 208 g/mol. The Morgan fingerprint density at radius 3 is 2.87 bits per heavy atom. The van der Waals surface area contributed by atoms with Gasteiger partial charge in [-0.25, -0.2) is 5.84 Å². The largest absolute Gasteiger partial charge is 0.333 e. The second-order valence-electron chi connectivity index (χ2n) is 3.00. The first-order chi connectivity index (χ1) is 7.15. The zero-order valence-corrected chi connectivity index (χ0v) is 8.30. The van der Waals surface area contributed by atoms with E-state index in [2.05, 4.69) is 4.98 Å². The maximum atomic E-state index is 11.3. The van der Waals surface area contributed by atoms with Gasteiger partial charge in [-0.15, -0.1) is 0 Å². The molecule has 15 heavy (non-hydrogen) atoms. The summed E-state index contributed by atoms with van der Waals surface area (Å²) < 4.78 is 0. The van der Waals surface area contributed by atoms with Crippen LogP contribution >= 0.6 is 0 Å². The summed E-state index contributed by atoms with van der Waals surface area (Å²) in [5.41, 5.74) is 2.63. The van der Waals surface area contributed by atoms with E-state index in [4.69, 9.17) is 5.84 Å². The average Bonchev–Trinajstić information content (AvgIpc) is 2.28. The van der Waals surface area contributed by atoms with E-state index in [0.717, 1.165) is 5.56 Å². The van der Waals surface area contributed by atoms with Crippen molar-refractivity contribution in [1.82, 2.24) is 15.3 Å². The molecule has 0 aromatic carbocycles. The van der Waals surface area contributed by atoms with Crippen LogP contribution in [0.15, 0.2) is 24.5 Å². The molecule has 6 nitrogen and oxygen atoms in total. The van der Waals surface area contributed by atoms with E-state index in [0.29, 0.717) is 6.54 Å². The highest BCUT2D eigenvalue weighted by atomic mass is 16.2. The van der Waals surface area contributed by atoms with Gasteiger partial charge in [0.05, 0.1) is 0 Å². The van der Waals surface area contributed by atoms with E-state index >= 15 is 0 Å². The van der Waals surface area contributed by atoms with Crippen LogP contribution in [0.3, 0.4) is 0 Å². The third-order valence-corrected chi connectivity index (χ3v) is 1.81. The van der Waals surface area contributed by atoms with Gasteiger partial charge in [-0.1, -0.05) is 6.07 Å². The van der Waals surface area contributed by atoms with Gasteiger partial charge in [-0.05, 0) is 11.6 Å². The van der Waals surface area contributed by atoms with Gasteiger partial charge < -0.3 is 4.90 Å². The lowest BCUT2D eigenvalue weighted by atomic mass is 10.2. The second-order valence-corrected chi connectivity index (χ2v) is 3.00. The lowest BCUT2D eigenvalue weighted by Crippen LogP contribution is -2.43. The van der Waals surface area contributed by atoms with Crippen molar-refractivity contribution < 1.29 is 9.59 Å².